The summed E-state index contributed by atoms with van der Waals surface area (Å²) in [6, 6.07) is 21.7. The fourth-order valence-corrected chi connectivity index (χ4v) is 4.45. The zero-order chi connectivity index (χ0) is 23.2. The number of ether oxygens (including phenoxy) is 1. The predicted octanol–water partition coefficient (Wildman–Crippen LogP) is 4.00. The van der Waals surface area contributed by atoms with E-state index in [1.807, 2.05) is 60.7 Å². The average Bonchev–Trinajstić information content (AvgIpc) is 2.82. The molecule has 3 aromatic carbocycles. The van der Waals surface area contributed by atoms with Gasteiger partial charge in [-0.15, -0.1) is 0 Å². The van der Waals surface area contributed by atoms with Crippen LogP contribution in [0.1, 0.15) is 17.2 Å². The van der Waals surface area contributed by atoms with Crippen molar-refractivity contribution in [3.8, 4) is 0 Å². The summed E-state index contributed by atoms with van der Waals surface area (Å²) >= 11 is 12.1. The topological polar surface area (TPSA) is 37.1 Å². The number of benzene rings is 3. The maximum absolute atomic E-state index is 13.2. The fraction of sp³-hybridized carbons (Fsp3) is 0.308. The van der Waals surface area contributed by atoms with E-state index in [9.17, 15) is 9.50 Å². The lowest BCUT2D eigenvalue weighted by atomic mass is 10.0. The molecular weight excluding hydrogens is 462 g/mol. The second-order valence-corrected chi connectivity index (χ2v) is 9.26. The number of hydrogen-bond acceptors (Lipinski definition) is 3. The van der Waals surface area contributed by atoms with Gasteiger partial charge >= 0.3 is 0 Å². The van der Waals surface area contributed by atoms with Gasteiger partial charge in [-0.3, -0.25) is 0 Å². The van der Waals surface area contributed by atoms with Gasteiger partial charge in [-0.1, -0.05) is 47.5 Å². The van der Waals surface area contributed by atoms with Crippen molar-refractivity contribution >= 4 is 28.9 Å². The molecular formula is C26H28Cl2FN2O2+. The molecule has 1 fully saturated rings. The Morgan fingerprint density at radius 1 is 0.848 bits per heavy atom. The van der Waals surface area contributed by atoms with E-state index < -0.39 is 6.10 Å². The van der Waals surface area contributed by atoms with Crippen molar-refractivity contribution in [3.63, 3.8) is 0 Å². The summed E-state index contributed by atoms with van der Waals surface area (Å²) in [7, 11) is 0. The third kappa shape index (κ3) is 6.69. The molecule has 1 aliphatic heterocycles. The first-order chi connectivity index (χ1) is 16.0. The molecule has 0 saturated carbocycles. The highest BCUT2D eigenvalue weighted by Gasteiger charge is 2.24. The van der Waals surface area contributed by atoms with Crippen LogP contribution in [0.2, 0.25) is 10.0 Å². The van der Waals surface area contributed by atoms with Gasteiger partial charge < -0.3 is 19.6 Å². The van der Waals surface area contributed by atoms with Crippen LogP contribution in [0.4, 0.5) is 10.1 Å². The van der Waals surface area contributed by atoms with Crippen molar-refractivity contribution in [1.29, 1.82) is 0 Å². The molecule has 7 heteroatoms. The molecule has 174 valence electrons. The standard InChI is InChI=1S/C26H27Cl2FN2O2/c27-21-5-1-19(2-6-21)26(20-3-7-22(28)8-4-20)33-18-25(32)17-30-13-15-31(16-14-30)24-11-9-23(29)10-12-24/h1-12,25-26,32H,13-18H2/p+1/t25-/m1/s1. The van der Waals surface area contributed by atoms with Crippen molar-refractivity contribution in [2.24, 2.45) is 0 Å². The van der Waals surface area contributed by atoms with Crippen LogP contribution in [-0.4, -0.2) is 50.5 Å². The van der Waals surface area contributed by atoms with E-state index in [-0.39, 0.29) is 18.5 Å². The number of halogens is 3. The van der Waals surface area contributed by atoms with Crippen LogP contribution in [0, 0.1) is 5.82 Å². The second-order valence-electron chi connectivity index (χ2n) is 8.39. The lowest BCUT2D eigenvalue weighted by Gasteiger charge is -2.34. The van der Waals surface area contributed by atoms with Crippen molar-refractivity contribution in [2.75, 3.05) is 44.2 Å². The van der Waals surface area contributed by atoms with E-state index in [1.165, 1.54) is 17.0 Å². The van der Waals surface area contributed by atoms with E-state index >= 15 is 0 Å². The lowest BCUT2D eigenvalue weighted by Crippen LogP contribution is -3.16. The number of aliphatic hydroxyl groups excluding tert-OH is 1. The Balaban J connectivity index is 1.32. The van der Waals surface area contributed by atoms with Crippen LogP contribution in [0.3, 0.4) is 0 Å². The molecule has 1 heterocycles. The normalized spacial score (nSPS) is 15.7. The quantitative estimate of drug-likeness (QED) is 0.501. The Kier molecular flexibility index (Phi) is 8.23. The van der Waals surface area contributed by atoms with E-state index in [0.29, 0.717) is 16.6 Å². The molecule has 3 aromatic rings. The Morgan fingerprint density at radius 3 is 1.88 bits per heavy atom. The van der Waals surface area contributed by atoms with Gasteiger partial charge in [0.25, 0.3) is 0 Å². The highest BCUT2D eigenvalue weighted by Crippen LogP contribution is 2.28. The molecule has 1 saturated heterocycles. The number of piperazine rings is 1. The van der Waals surface area contributed by atoms with E-state index in [0.717, 1.165) is 43.0 Å². The maximum Gasteiger partial charge on any atom is 0.126 e. The molecule has 0 bridgehead atoms. The number of anilines is 1. The highest BCUT2D eigenvalue weighted by molar-refractivity contribution is 6.30. The molecule has 1 atom stereocenters. The summed E-state index contributed by atoms with van der Waals surface area (Å²) in [5, 5.41) is 12.0. The van der Waals surface area contributed by atoms with Crippen LogP contribution in [0.15, 0.2) is 72.8 Å². The molecule has 0 radical (unpaired) electrons. The lowest BCUT2D eigenvalue weighted by molar-refractivity contribution is -0.903. The molecule has 2 N–H and O–H groups in total. The Hall–Kier alpha value is -2.15. The molecule has 0 unspecified atom stereocenters. The van der Waals surface area contributed by atoms with Gasteiger partial charge in [-0.05, 0) is 59.7 Å². The first-order valence-electron chi connectivity index (χ1n) is 11.1. The van der Waals surface area contributed by atoms with Crippen LogP contribution >= 0.6 is 23.2 Å². The smallest absolute Gasteiger partial charge is 0.126 e. The Labute approximate surface area is 204 Å². The average molecular weight is 490 g/mol. The molecule has 33 heavy (non-hydrogen) atoms. The fourth-order valence-electron chi connectivity index (χ4n) is 4.20. The van der Waals surface area contributed by atoms with Crippen LogP contribution in [0.25, 0.3) is 0 Å². The second kappa shape index (κ2) is 11.3. The molecule has 4 rings (SSSR count). The van der Waals surface area contributed by atoms with Crippen LogP contribution in [0.5, 0.6) is 0 Å². The number of rotatable bonds is 8. The van der Waals surface area contributed by atoms with Crippen LogP contribution < -0.4 is 9.80 Å². The van der Waals surface area contributed by atoms with Gasteiger partial charge in [0, 0.05) is 15.7 Å². The first-order valence-corrected chi connectivity index (χ1v) is 11.9. The van der Waals surface area contributed by atoms with E-state index in [4.69, 9.17) is 27.9 Å². The summed E-state index contributed by atoms with van der Waals surface area (Å²) in [5.74, 6) is -0.221. The zero-order valence-corrected chi connectivity index (χ0v) is 19.8. The van der Waals surface area contributed by atoms with Gasteiger partial charge in [-0.2, -0.15) is 0 Å². The van der Waals surface area contributed by atoms with Crippen molar-refractivity contribution in [2.45, 2.75) is 12.2 Å². The first kappa shape index (κ1) is 24.0. The summed E-state index contributed by atoms with van der Waals surface area (Å²) < 4.78 is 19.4. The molecule has 4 nitrogen and oxygen atoms in total. The zero-order valence-electron chi connectivity index (χ0n) is 18.3. The van der Waals surface area contributed by atoms with Gasteiger partial charge in [-0.25, -0.2) is 4.39 Å². The minimum atomic E-state index is -0.584. The van der Waals surface area contributed by atoms with E-state index in [2.05, 4.69) is 4.90 Å². The summed E-state index contributed by atoms with van der Waals surface area (Å²) in [6.45, 7) is 4.39. The molecule has 1 aliphatic rings. The monoisotopic (exact) mass is 489 g/mol. The van der Waals surface area contributed by atoms with Crippen molar-refractivity contribution in [3.05, 3.63) is 99.8 Å². The predicted molar refractivity (Wildman–Crippen MR) is 131 cm³/mol. The number of hydrogen-bond donors (Lipinski definition) is 2. The van der Waals surface area contributed by atoms with Gasteiger partial charge in [0.05, 0.1) is 32.8 Å². The minimum absolute atomic E-state index is 0.221. The minimum Gasteiger partial charge on any atom is -0.385 e. The highest BCUT2D eigenvalue weighted by atomic mass is 35.5. The number of aliphatic hydroxyl groups is 1. The molecule has 0 aromatic heterocycles. The Morgan fingerprint density at radius 2 is 1.36 bits per heavy atom. The number of nitrogens with zero attached hydrogens (tertiary/aromatic N) is 1. The Bertz CT molecular complexity index is 962. The van der Waals surface area contributed by atoms with Crippen molar-refractivity contribution in [1.82, 2.24) is 0 Å². The number of nitrogens with one attached hydrogen (secondary N) is 1. The molecule has 0 amide bonds. The maximum atomic E-state index is 13.2. The van der Waals surface area contributed by atoms with Gasteiger partial charge in [0.15, 0.2) is 0 Å². The van der Waals surface area contributed by atoms with Gasteiger partial charge in [0.2, 0.25) is 0 Å². The third-order valence-corrected chi connectivity index (χ3v) is 6.49. The SMILES string of the molecule is O[C@@H](COC(c1ccc(Cl)cc1)c1ccc(Cl)cc1)C[NH+]1CCN(c2ccc(F)cc2)CC1. The summed E-state index contributed by atoms with van der Waals surface area (Å²) in [5.41, 5.74) is 2.97. The third-order valence-electron chi connectivity index (χ3n) is 5.99. The number of quaternary nitrogens is 1. The van der Waals surface area contributed by atoms with Crippen LogP contribution in [-0.2, 0) is 4.74 Å². The summed E-state index contributed by atoms with van der Waals surface area (Å²) in [4.78, 5) is 3.59. The van der Waals surface area contributed by atoms with Crippen molar-refractivity contribution < 1.29 is 19.1 Å². The van der Waals surface area contributed by atoms with E-state index in [1.54, 1.807) is 0 Å². The molecule has 0 aliphatic carbocycles. The molecule has 0 spiro atoms. The largest absolute Gasteiger partial charge is 0.385 e. The van der Waals surface area contributed by atoms with Gasteiger partial charge in [0.1, 0.15) is 24.6 Å². The summed E-state index contributed by atoms with van der Waals surface area (Å²) in [6.07, 6.45) is -0.904.